The lowest BCUT2D eigenvalue weighted by Crippen LogP contribution is -2.41. The molecule has 0 saturated carbocycles. The Bertz CT molecular complexity index is 508. The monoisotopic (exact) mass is 328 g/mol. The van der Waals surface area contributed by atoms with Crippen LogP contribution < -0.4 is 5.46 Å². The number of ether oxygens (including phenoxy) is 1. The second-order valence-corrected chi connectivity index (χ2v) is 6.86. The van der Waals surface area contributed by atoms with Gasteiger partial charge in [-0.05, 0) is 39.2 Å². The third-order valence-corrected chi connectivity index (χ3v) is 4.99. The van der Waals surface area contributed by atoms with Crippen LogP contribution in [0.3, 0.4) is 0 Å². The highest BCUT2D eigenvalue weighted by Gasteiger charge is 2.52. The van der Waals surface area contributed by atoms with Crippen molar-refractivity contribution in [1.82, 2.24) is 0 Å². The summed E-state index contributed by atoms with van der Waals surface area (Å²) in [6.07, 6.45) is 0. The largest absolute Gasteiger partial charge is 0.496 e. The molecule has 0 atom stereocenters. The van der Waals surface area contributed by atoms with Gasteiger partial charge >= 0.3 is 13.1 Å². The molecular weight excluding hydrogens is 303 g/mol. The van der Waals surface area contributed by atoms with E-state index in [2.05, 4.69) is 0 Å². The number of carbonyl (C=O) groups is 1. The molecule has 0 spiro atoms. The van der Waals surface area contributed by atoms with Gasteiger partial charge in [0.25, 0.3) is 0 Å². The van der Waals surface area contributed by atoms with Crippen LogP contribution in [0.15, 0.2) is 6.07 Å². The van der Waals surface area contributed by atoms with Crippen LogP contribution in [0.2, 0.25) is 0 Å². The van der Waals surface area contributed by atoms with Gasteiger partial charge in [-0.3, -0.25) is 0 Å². The SMILES string of the molecule is CC.COC(=O)c1cc(B2OC(C)(C)C(C)(C)O2)c(CO)s1. The van der Waals surface area contributed by atoms with Crippen molar-refractivity contribution in [3.8, 4) is 0 Å². The van der Waals surface area contributed by atoms with Gasteiger partial charge in [-0.2, -0.15) is 0 Å². The molecule has 1 aromatic rings. The smallest absolute Gasteiger partial charge is 0.465 e. The molecule has 0 aliphatic carbocycles. The number of hydrogen-bond donors (Lipinski definition) is 1. The fourth-order valence-electron chi connectivity index (χ4n) is 1.94. The van der Waals surface area contributed by atoms with Gasteiger partial charge in [0.2, 0.25) is 0 Å². The highest BCUT2D eigenvalue weighted by molar-refractivity contribution is 7.15. The molecular formula is C15H25BO5S. The first-order chi connectivity index (χ1) is 10.2. The van der Waals surface area contributed by atoms with E-state index >= 15 is 0 Å². The van der Waals surface area contributed by atoms with Gasteiger partial charge in [-0.15, -0.1) is 11.3 Å². The van der Waals surface area contributed by atoms with Gasteiger partial charge in [0.05, 0.1) is 24.9 Å². The van der Waals surface area contributed by atoms with E-state index in [-0.39, 0.29) is 6.61 Å². The molecule has 0 bridgehead atoms. The lowest BCUT2D eigenvalue weighted by atomic mass is 9.79. The molecule has 1 fully saturated rings. The fourth-order valence-corrected chi connectivity index (χ4v) is 2.89. The summed E-state index contributed by atoms with van der Waals surface area (Å²) in [6.45, 7) is 11.7. The van der Waals surface area contributed by atoms with Gasteiger partial charge in [-0.1, -0.05) is 13.8 Å². The highest BCUT2D eigenvalue weighted by Crippen LogP contribution is 2.37. The molecule has 1 N–H and O–H groups in total. The van der Waals surface area contributed by atoms with Crippen molar-refractivity contribution in [1.29, 1.82) is 0 Å². The Hall–Kier alpha value is -0.885. The lowest BCUT2D eigenvalue weighted by molar-refractivity contribution is 0.00578. The average molecular weight is 328 g/mol. The predicted molar refractivity (Wildman–Crippen MR) is 88.6 cm³/mol. The first kappa shape index (κ1) is 19.2. The molecule has 5 nitrogen and oxygen atoms in total. The maximum atomic E-state index is 11.6. The van der Waals surface area contributed by atoms with E-state index in [1.54, 1.807) is 6.07 Å². The topological polar surface area (TPSA) is 65.0 Å². The zero-order chi connectivity index (χ0) is 17.1. The van der Waals surface area contributed by atoms with E-state index in [0.717, 1.165) is 0 Å². The second kappa shape index (κ2) is 7.13. The van der Waals surface area contributed by atoms with Crippen LogP contribution in [-0.4, -0.2) is 36.5 Å². The van der Waals surface area contributed by atoms with E-state index < -0.39 is 24.3 Å². The van der Waals surface area contributed by atoms with E-state index in [1.807, 2.05) is 41.5 Å². The summed E-state index contributed by atoms with van der Waals surface area (Å²) in [7, 11) is 0.742. The van der Waals surface area contributed by atoms with Gasteiger partial charge in [0.15, 0.2) is 0 Å². The van der Waals surface area contributed by atoms with Crippen molar-refractivity contribution < 1.29 is 23.9 Å². The van der Waals surface area contributed by atoms with E-state index in [4.69, 9.17) is 14.0 Å². The molecule has 1 saturated heterocycles. The summed E-state index contributed by atoms with van der Waals surface area (Å²) in [5.74, 6) is -0.424. The van der Waals surface area contributed by atoms with Crippen molar-refractivity contribution in [2.45, 2.75) is 59.4 Å². The van der Waals surface area contributed by atoms with E-state index in [9.17, 15) is 9.90 Å². The summed E-state index contributed by atoms with van der Waals surface area (Å²) in [6, 6.07) is 1.67. The van der Waals surface area contributed by atoms with Crippen molar-refractivity contribution >= 4 is 29.9 Å². The number of thiophene rings is 1. The molecule has 1 aliphatic rings. The van der Waals surface area contributed by atoms with Gasteiger partial charge in [-0.25, -0.2) is 4.79 Å². The zero-order valence-electron chi connectivity index (χ0n) is 14.4. The number of carbonyl (C=O) groups excluding carboxylic acids is 1. The van der Waals surface area contributed by atoms with Crippen molar-refractivity contribution in [2.75, 3.05) is 7.11 Å². The van der Waals surface area contributed by atoms with Crippen LogP contribution in [0.4, 0.5) is 0 Å². The molecule has 7 heteroatoms. The molecule has 2 rings (SSSR count). The minimum Gasteiger partial charge on any atom is -0.465 e. The van der Waals surface area contributed by atoms with Crippen molar-refractivity contribution in [2.24, 2.45) is 0 Å². The van der Waals surface area contributed by atoms with Crippen LogP contribution >= 0.6 is 11.3 Å². The minimum atomic E-state index is -0.586. The zero-order valence-corrected chi connectivity index (χ0v) is 15.2. The number of aliphatic hydroxyl groups excluding tert-OH is 1. The second-order valence-electron chi connectivity index (χ2n) is 5.73. The molecule has 1 aliphatic heterocycles. The molecule has 1 aromatic heterocycles. The predicted octanol–water partition coefficient (Wildman–Crippen LogP) is 2.35. The van der Waals surface area contributed by atoms with Crippen LogP contribution in [0.1, 0.15) is 56.1 Å². The molecule has 0 amide bonds. The molecule has 124 valence electrons. The Kier molecular flexibility index (Phi) is 6.21. The molecule has 2 heterocycles. The Morgan fingerprint density at radius 2 is 1.77 bits per heavy atom. The number of rotatable bonds is 3. The van der Waals surface area contributed by atoms with Crippen LogP contribution in [0, 0.1) is 0 Å². The lowest BCUT2D eigenvalue weighted by Gasteiger charge is -2.32. The number of esters is 1. The van der Waals surface area contributed by atoms with Crippen molar-refractivity contribution in [3.05, 3.63) is 15.8 Å². The quantitative estimate of drug-likeness (QED) is 0.682. The maximum absolute atomic E-state index is 11.6. The summed E-state index contributed by atoms with van der Waals surface area (Å²) < 4.78 is 16.6. The van der Waals surface area contributed by atoms with Crippen LogP contribution in [0.25, 0.3) is 0 Å². The minimum absolute atomic E-state index is 0.166. The number of aliphatic hydroxyl groups is 1. The summed E-state index contributed by atoms with van der Waals surface area (Å²) in [4.78, 5) is 12.7. The Morgan fingerprint density at radius 3 is 2.18 bits per heavy atom. The number of methoxy groups -OCH3 is 1. The number of hydrogen-bond acceptors (Lipinski definition) is 6. The van der Waals surface area contributed by atoms with Gasteiger partial charge in [0.1, 0.15) is 4.88 Å². The molecule has 0 radical (unpaired) electrons. The summed E-state index contributed by atoms with van der Waals surface area (Å²) in [5, 5.41) is 9.45. The molecule has 0 unspecified atom stereocenters. The maximum Gasteiger partial charge on any atom is 0.496 e. The average Bonchev–Trinajstić information content (AvgIpc) is 2.99. The fraction of sp³-hybridized carbons (Fsp3) is 0.667. The van der Waals surface area contributed by atoms with Crippen molar-refractivity contribution in [3.63, 3.8) is 0 Å². The Balaban J connectivity index is 0.00000116. The third-order valence-electron chi connectivity index (χ3n) is 3.88. The van der Waals surface area contributed by atoms with E-state index in [1.165, 1.54) is 18.4 Å². The third kappa shape index (κ3) is 3.54. The Labute approximate surface area is 136 Å². The summed E-state index contributed by atoms with van der Waals surface area (Å²) >= 11 is 1.19. The molecule has 22 heavy (non-hydrogen) atoms. The standard InChI is InChI=1S/C13H19BO5S.C2H6/c1-12(2)13(3,4)19-14(18-12)8-6-9(11(16)17-5)20-10(8)7-15;1-2/h6,15H,7H2,1-5H3;1-2H3. The van der Waals surface area contributed by atoms with Crippen LogP contribution in [0.5, 0.6) is 0 Å². The van der Waals surface area contributed by atoms with Crippen LogP contribution in [-0.2, 0) is 20.7 Å². The first-order valence-corrected chi connectivity index (χ1v) is 8.21. The van der Waals surface area contributed by atoms with Gasteiger partial charge in [0, 0.05) is 4.88 Å². The first-order valence-electron chi connectivity index (χ1n) is 7.39. The normalized spacial score (nSPS) is 18.6. The Morgan fingerprint density at radius 1 is 1.27 bits per heavy atom. The van der Waals surface area contributed by atoms with Gasteiger partial charge < -0.3 is 19.2 Å². The molecule has 0 aromatic carbocycles. The van der Waals surface area contributed by atoms with E-state index in [0.29, 0.717) is 15.2 Å². The highest BCUT2D eigenvalue weighted by atomic mass is 32.1. The summed E-state index contributed by atoms with van der Waals surface area (Å²) in [5.41, 5.74) is -0.230.